The third-order valence-corrected chi connectivity index (χ3v) is 1.96. The van der Waals surface area contributed by atoms with Crippen LogP contribution in [0.1, 0.15) is 26.7 Å². The lowest BCUT2D eigenvalue weighted by Crippen LogP contribution is -2.30. The van der Waals surface area contributed by atoms with Crippen molar-refractivity contribution >= 4 is 12.1 Å². The van der Waals surface area contributed by atoms with Gasteiger partial charge in [-0.15, -0.1) is 0 Å². The highest BCUT2D eigenvalue weighted by molar-refractivity contribution is 5.85. The van der Waals surface area contributed by atoms with Crippen LogP contribution in [0.5, 0.6) is 0 Å². The monoisotopic (exact) mass is 242 g/mol. The SMILES string of the molecule is C=C(CCCNC(=O)ONC(C)=CC)C(=O)O. The summed E-state index contributed by atoms with van der Waals surface area (Å²) < 4.78 is 0. The molecule has 17 heavy (non-hydrogen) atoms. The number of carbonyl (C=O) groups is 2. The molecule has 0 fully saturated rings. The molecule has 0 aliphatic rings. The Labute approximate surface area is 100 Å². The first-order valence-electron chi connectivity index (χ1n) is 5.22. The molecule has 96 valence electrons. The number of carboxylic acids is 1. The first kappa shape index (κ1) is 15.0. The number of aliphatic carboxylic acids is 1. The van der Waals surface area contributed by atoms with Gasteiger partial charge in [0.25, 0.3) is 0 Å². The highest BCUT2D eigenvalue weighted by Gasteiger charge is 2.04. The third kappa shape index (κ3) is 7.89. The van der Waals surface area contributed by atoms with E-state index in [-0.39, 0.29) is 5.57 Å². The second-order valence-corrected chi connectivity index (χ2v) is 3.40. The summed E-state index contributed by atoms with van der Waals surface area (Å²) in [7, 11) is 0. The maximum atomic E-state index is 11.1. The number of carbonyl (C=O) groups excluding carboxylic acids is 1. The summed E-state index contributed by atoms with van der Waals surface area (Å²) in [4.78, 5) is 26.1. The minimum absolute atomic E-state index is 0.128. The highest BCUT2D eigenvalue weighted by Crippen LogP contribution is 2.00. The molecule has 0 spiro atoms. The quantitative estimate of drug-likeness (QED) is 0.358. The van der Waals surface area contributed by atoms with Gasteiger partial charge in [-0.3, -0.25) is 0 Å². The van der Waals surface area contributed by atoms with Crippen molar-refractivity contribution in [3.63, 3.8) is 0 Å². The van der Waals surface area contributed by atoms with Crippen molar-refractivity contribution in [1.29, 1.82) is 0 Å². The van der Waals surface area contributed by atoms with Crippen molar-refractivity contribution in [2.24, 2.45) is 0 Å². The maximum absolute atomic E-state index is 11.1. The fraction of sp³-hybridized carbons (Fsp3) is 0.455. The number of allylic oxidation sites excluding steroid dienone is 2. The summed E-state index contributed by atoms with van der Waals surface area (Å²) in [5.74, 6) is -1.02. The lowest BCUT2D eigenvalue weighted by Gasteiger charge is -2.07. The molecule has 6 nitrogen and oxygen atoms in total. The Bertz CT molecular complexity index is 323. The summed E-state index contributed by atoms with van der Waals surface area (Å²) in [6, 6.07) is 0. The predicted octanol–water partition coefficient (Wildman–Crippen LogP) is 1.56. The number of hydrogen-bond donors (Lipinski definition) is 3. The fourth-order valence-corrected chi connectivity index (χ4v) is 0.821. The van der Waals surface area contributed by atoms with Crippen molar-refractivity contribution in [2.75, 3.05) is 6.54 Å². The van der Waals surface area contributed by atoms with E-state index in [4.69, 9.17) is 5.11 Å². The first-order valence-corrected chi connectivity index (χ1v) is 5.22. The maximum Gasteiger partial charge on any atom is 0.431 e. The molecule has 0 aromatic heterocycles. The zero-order chi connectivity index (χ0) is 13.3. The lowest BCUT2D eigenvalue weighted by molar-refractivity contribution is -0.132. The Hall–Kier alpha value is -1.98. The van der Waals surface area contributed by atoms with Crippen LogP contribution >= 0.6 is 0 Å². The van der Waals surface area contributed by atoms with Crippen LogP contribution in [0.15, 0.2) is 23.9 Å². The first-order chi connectivity index (χ1) is 7.97. The second kappa shape index (κ2) is 8.20. The Morgan fingerprint density at radius 1 is 1.47 bits per heavy atom. The number of hydrogen-bond acceptors (Lipinski definition) is 4. The van der Waals surface area contributed by atoms with E-state index in [1.54, 1.807) is 19.9 Å². The van der Waals surface area contributed by atoms with Gasteiger partial charge in [0.05, 0.1) is 0 Å². The van der Waals surface area contributed by atoms with E-state index in [1.807, 2.05) is 0 Å². The molecular formula is C11H18N2O4. The van der Waals surface area contributed by atoms with Crippen molar-refractivity contribution in [2.45, 2.75) is 26.7 Å². The number of hydroxylamine groups is 1. The van der Waals surface area contributed by atoms with Crippen LogP contribution < -0.4 is 10.8 Å². The van der Waals surface area contributed by atoms with Crippen LogP contribution in [0.4, 0.5) is 4.79 Å². The summed E-state index contributed by atoms with van der Waals surface area (Å²) in [5, 5.41) is 11.0. The Morgan fingerprint density at radius 3 is 2.65 bits per heavy atom. The molecule has 0 rings (SSSR count). The zero-order valence-electron chi connectivity index (χ0n) is 10.1. The van der Waals surface area contributed by atoms with E-state index in [2.05, 4.69) is 22.2 Å². The predicted molar refractivity (Wildman–Crippen MR) is 63.1 cm³/mol. The Kier molecular flexibility index (Phi) is 7.25. The normalized spacial score (nSPS) is 10.6. The molecule has 0 aromatic carbocycles. The summed E-state index contributed by atoms with van der Waals surface area (Å²) in [5.41, 5.74) is 3.29. The summed E-state index contributed by atoms with van der Waals surface area (Å²) in [6.45, 7) is 7.27. The zero-order valence-corrected chi connectivity index (χ0v) is 10.1. The number of carboxylic acid groups (broad SMARTS) is 1. The van der Waals surface area contributed by atoms with Crippen molar-refractivity contribution in [3.8, 4) is 0 Å². The van der Waals surface area contributed by atoms with Gasteiger partial charge in [-0.1, -0.05) is 12.7 Å². The van der Waals surface area contributed by atoms with Crippen molar-refractivity contribution in [3.05, 3.63) is 23.9 Å². The minimum atomic E-state index is -1.02. The van der Waals surface area contributed by atoms with Gasteiger partial charge in [-0.25, -0.2) is 15.1 Å². The van der Waals surface area contributed by atoms with Gasteiger partial charge in [0, 0.05) is 17.8 Å². The smallest absolute Gasteiger partial charge is 0.431 e. The van der Waals surface area contributed by atoms with Crippen LogP contribution in [-0.2, 0) is 9.63 Å². The van der Waals surface area contributed by atoms with Crippen LogP contribution in [0, 0.1) is 0 Å². The molecule has 0 saturated heterocycles. The van der Waals surface area contributed by atoms with E-state index < -0.39 is 12.1 Å². The molecule has 0 saturated carbocycles. The number of rotatable bonds is 7. The van der Waals surface area contributed by atoms with E-state index in [9.17, 15) is 9.59 Å². The van der Waals surface area contributed by atoms with Crippen molar-refractivity contribution < 1.29 is 19.5 Å². The minimum Gasteiger partial charge on any atom is -0.478 e. The van der Waals surface area contributed by atoms with Gasteiger partial charge < -0.3 is 15.3 Å². The molecular weight excluding hydrogens is 224 g/mol. The van der Waals surface area contributed by atoms with Crippen LogP contribution in [0.2, 0.25) is 0 Å². The molecule has 0 atom stereocenters. The molecule has 0 bridgehead atoms. The van der Waals surface area contributed by atoms with Gasteiger partial charge in [0.2, 0.25) is 0 Å². The van der Waals surface area contributed by atoms with Gasteiger partial charge >= 0.3 is 12.1 Å². The van der Waals surface area contributed by atoms with E-state index in [0.717, 1.165) is 5.70 Å². The molecule has 6 heteroatoms. The molecule has 0 aliphatic heterocycles. The highest BCUT2D eigenvalue weighted by atomic mass is 16.7. The second-order valence-electron chi connectivity index (χ2n) is 3.40. The molecule has 0 heterocycles. The van der Waals surface area contributed by atoms with Crippen LogP contribution in [0.3, 0.4) is 0 Å². The largest absolute Gasteiger partial charge is 0.478 e. The molecule has 0 aliphatic carbocycles. The van der Waals surface area contributed by atoms with Crippen LogP contribution in [-0.4, -0.2) is 23.7 Å². The Balaban J connectivity index is 3.59. The molecule has 0 radical (unpaired) electrons. The van der Waals surface area contributed by atoms with Crippen molar-refractivity contribution in [1.82, 2.24) is 10.8 Å². The van der Waals surface area contributed by atoms with E-state index in [1.165, 1.54) is 0 Å². The fourth-order valence-electron chi connectivity index (χ4n) is 0.821. The van der Waals surface area contributed by atoms with Gasteiger partial charge in [0.1, 0.15) is 0 Å². The lowest BCUT2D eigenvalue weighted by atomic mass is 10.2. The topological polar surface area (TPSA) is 87.7 Å². The van der Waals surface area contributed by atoms with Crippen LogP contribution in [0.25, 0.3) is 0 Å². The summed E-state index contributed by atoms with van der Waals surface area (Å²) in [6.07, 6.45) is 1.98. The molecule has 1 amide bonds. The standard InChI is InChI=1S/C11H18N2O4/c1-4-9(3)13-17-11(16)12-7-5-6-8(2)10(14)15/h4,13H,2,5-7H2,1,3H3,(H,12,16)(H,14,15). The van der Waals surface area contributed by atoms with Gasteiger partial charge in [-0.2, -0.15) is 0 Å². The van der Waals surface area contributed by atoms with E-state index >= 15 is 0 Å². The third-order valence-electron chi connectivity index (χ3n) is 1.96. The average molecular weight is 242 g/mol. The van der Waals surface area contributed by atoms with Gasteiger partial charge in [0.15, 0.2) is 0 Å². The Morgan fingerprint density at radius 2 is 2.12 bits per heavy atom. The molecule has 0 unspecified atom stereocenters. The molecule has 3 N–H and O–H groups in total. The van der Waals surface area contributed by atoms with E-state index in [0.29, 0.717) is 19.4 Å². The molecule has 0 aromatic rings. The number of nitrogens with one attached hydrogen (secondary N) is 2. The number of amides is 1. The average Bonchev–Trinajstić information content (AvgIpc) is 2.30. The summed E-state index contributed by atoms with van der Waals surface area (Å²) >= 11 is 0. The van der Waals surface area contributed by atoms with Gasteiger partial charge in [-0.05, 0) is 26.7 Å².